The summed E-state index contributed by atoms with van der Waals surface area (Å²) in [5.74, 6) is 1.26. The largest absolute Gasteiger partial charge is 0.493 e. The molecule has 1 aliphatic carbocycles. The highest BCUT2D eigenvalue weighted by Crippen LogP contribution is 2.46. The molecular formula is C22H33NO5. The van der Waals surface area contributed by atoms with Gasteiger partial charge in [-0.1, -0.05) is 52.2 Å². The van der Waals surface area contributed by atoms with Gasteiger partial charge in [0.2, 0.25) is 0 Å². The number of unbranched alkanes of at least 4 members (excludes halogenated alkanes) is 1. The van der Waals surface area contributed by atoms with E-state index in [0.29, 0.717) is 6.42 Å². The van der Waals surface area contributed by atoms with Crippen LogP contribution in [0.3, 0.4) is 0 Å². The van der Waals surface area contributed by atoms with E-state index in [-0.39, 0.29) is 30.0 Å². The van der Waals surface area contributed by atoms with Gasteiger partial charge in [0.15, 0.2) is 0 Å². The lowest BCUT2D eigenvalue weighted by molar-refractivity contribution is -0.191. The van der Waals surface area contributed by atoms with Gasteiger partial charge in [-0.25, -0.2) is 0 Å². The SMILES string of the molecule is CCCCC(C)[C@H](O)/C=C/[C@@H]1[C@H]2C/C(=C(\C#N)CCC)O[C@H]2C[C@H]1O.O=C=O. The van der Waals surface area contributed by atoms with Crippen molar-refractivity contribution in [2.45, 2.75) is 84.0 Å². The summed E-state index contributed by atoms with van der Waals surface area (Å²) in [4.78, 5) is 16.2. The number of nitriles is 1. The first-order valence-electron chi connectivity index (χ1n) is 10.3. The fourth-order valence-electron chi connectivity index (χ4n) is 4.05. The second kappa shape index (κ2) is 12.5. The van der Waals surface area contributed by atoms with Crippen molar-refractivity contribution in [1.29, 1.82) is 5.26 Å². The molecule has 6 atom stereocenters. The molecule has 0 radical (unpaired) electrons. The summed E-state index contributed by atoms with van der Waals surface area (Å²) in [6.45, 7) is 6.29. The van der Waals surface area contributed by atoms with Crippen molar-refractivity contribution in [1.82, 2.24) is 0 Å². The monoisotopic (exact) mass is 391 g/mol. The third-order valence-electron chi connectivity index (χ3n) is 5.70. The number of aliphatic hydroxyl groups excluding tert-OH is 2. The Morgan fingerprint density at radius 1 is 1.36 bits per heavy atom. The van der Waals surface area contributed by atoms with Crippen LogP contribution in [0.5, 0.6) is 0 Å². The summed E-state index contributed by atoms with van der Waals surface area (Å²) in [5.41, 5.74) is 0.752. The third kappa shape index (κ3) is 6.60. The van der Waals surface area contributed by atoms with E-state index in [1.165, 1.54) is 0 Å². The minimum atomic E-state index is -0.468. The number of fused-ring (bicyclic) bond motifs is 1. The van der Waals surface area contributed by atoms with Gasteiger partial charge in [-0.05, 0) is 18.8 Å². The lowest BCUT2D eigenvalue weighted by atomic mass is 9.89. The Morgan fingerprint density at radius 3 is 2.61 bits per heavy atom. The second-order valence-corrected chi connectivity index (χ2v) is 7.75. The Morgan fingerprint density at radius 2 is 2.04 bits per heavy atom. The Kier molecular flexibility index (Phi) is 10.8. The zero-order chi connectivity index (χ0) is 21.1. The van der Waals surface area contributed by atoms with Crippen molar-refractivity contribution < 1.29 is 24.5 Å². The van der Waals surface area contributed by atoms with E-state index < -0.39 is 12.2 Å². The molecule has 1 saturated heterocycles. The molecule has 0 aromatic heterocycles. The summed E-state index contributed by atoms with van der Waals surface area (Å²) in [5, 5.41) is 30.0. The molecule has 6 nitrogen and oxygen atoms in total. The molecular weight excluding hydrogens is 358 g/mol. The minimum Gasteiger partial charge on any atom is -0.493 e. The molecule has 0 aromatic rings. The molecule has 0 bridgehead atoms. The maximum absolute atomic E-state index is 10.4. The molecule has 0 amide bonds. The normalized spacial score (nSPS) is 29.7. The molecule has 156 valence electrons. The Hall–Kier alpha value is -1.93. The van der Waals surface area contributed by atoms with Gasteiger partial charge in [0, 0.05) is 24.7 Å². The van der Waals surface area contributed by atoms with Crippen LogP contribution in [0.1, 0.15) is 65.7 Å². The minimum absolute atomic E-state index is 0.00269. The predicted molar refractivity (Wildman–Crippen MR) is 103 cm³/mol. The number of rotatable bonds is 8. The molecule has 1 aliphatic heterocycles. The first kappa shape index (κ1) is 24.1. The van der Waals surface area contributed by atoms with Gasteiger partial charge in [-0.15, -0.1) is 0 Å². The van der Waals surface area contributed by atoms with Gasteiger partial charge in [-0.2, -0.15) is 14.9 Å². The zero-order valence-corrected chi connectivity index (χ0v) is 17.1. The summed E-state index contributed by atoms with van der Waals surface area (Å²) in [6, 6.07) is 2.28. The standard InChI is InChI=1S/C21H33NO3.CO2/c1-4-6-8-14(3)18(23)10-9-16-17-11-20(15(13-22)7-5-2)25-21(17)12-19(16)24;2-1-3/h9-10,14,16-19,21,23-24H,4-8,11-12H2,1-3H3;/b10-9+,20-15+;/t14?,16-,17-,18-,19-,21+;/m1./s1. The van der Waals surface area contributed by atoms with Crippen LogP contribution < -0.4 is 0 Å². The van der Waals surface area contributed by atoms with Crippen LogP contribution in [0.4, 0.5) is 0 Å². The van der Waals surface area contributed by atoms with Crippen LogP contribution in [0, 0.1) is 29.1 Å². The highest BCUT2D eigenvalue weighted by Gasteiger charge is 2.47. The van der Waals surface area contributed by atoms with Crippen LogP contribution in [-0.4, -0.2) is 34.7 Å². The first-order chi connectivity index (χ1) is 13.4. The second-order valence-electron chi connectivity index (χ2n) is 7.75. The Labute approximate surface area is 167 Å². The molecule has 28 heavy (non-hydrogen) atoms. The first-order valence-corrected chi connectivity index (χ1v) is 10.3. The lowest BCUT2D eigenvalue weighted by Gasteiger charge is -2.18. The summed E-state index contributed by atoms with van der Waals surface area (Å²) in [7, 11) is 0. The fraction of sp³-hybridized carbons (Fsp3) is 0.727. The van der Waals surface area contributed by atoms with Gasteiger partial charge in [0.1, 0.15) is 11.9 Å². The van der Waals surface area contributed by atoms with Crippen LogP contribution in [-0.2, 0) is 14.3 Å². The maximum atomic E-state index is 10.4. The van der Waals surface area contributed by atoms with Crippen LogP contribution >= 0.6 is 0 Å². The number of hydrogen-bond acceptors (Lipinski definition) is 6. The van der Waals surface area contributed by atoms with Crippen LogP contribution in [0.15, 0.2) is 23.5 Å². The molecule has 0 aromatic carbocycles. The zero-order valence-electron chi connectivity index (χ0n) is 17.1. The number of allylic oxidation sites excluding steroid dienone is 2. The van der Waals surface area contributed by atoms with Gasteiger partial charge >= 0.3 is 6.15 Å². The van der Waals surface area contributed by atoms with Crippen LogP contribution in [0.25, 0.3) is 0 Å². The summed E-state index contributed by atoms with van der Waals surface area (Å²) >= 11 is 0. The summed E-state index contributed by atoms with van der Waals surface area (Å²) < 4.78 is 6.00. The smallest absolute Gasteiger partial charge is 0.373 e. The highest BCUT2D eigenvalue weighted by molar-refractivity contribution is 5.28. The van der Waals surface area contributed by atoms with Crippen molar-refractivity contribution in [3.05, 3.63) is 23.5 Å². The Balaban J connectivity index is 0.00000122. The van der Waals surface area contributed by atoms with E-state index in [1.54, 1.807) is 0 Å². The van der Waals surface area contributed by atoms with E-state index in [0.717, 1.165) is 49.9 Å². The molecule has 1 heterocycles. The van der Waals surface area contributed by atoms with E-state index in [9.17, 15) is 15.5 Å². The fourth-order valence-corrected chi connectivity index (χ4v) is 4.05. The van der Waals surface area contributed by atoms with E-state index >= 15 is 0 Å². The molecule has 2 fully saturated rings. The average Bonchev–Trinajstić information content (AvgIpc) is 3.19. The molecule has 2 N–H and O–H groups in total. The predicted octanol–water partition coefficient (Wildman–Crippen LogP) is 3.51. The highest BCUT2D eigenvalue weighted by atomic mass is 16.5. The number of carbonyl (C=O) groups excluding carboxylic acids is 2. The molecule has 6 heteroatoms. The van der Waals surface area contributed by atoms with Crippen molar-refractivity contribution >= 4 is 6.15 Å². The average molecular weight is 392 g/mol. The van der Waals surface area contributed by atoms with E-state index in [2.05, 4.69) is 26.8 Å². The van der Waals surface area contributed by atoms with Crippen LogP contribution in [0.2, 0.25) is 0 Å². The molecule has 1 saturated carbocycles. The number of nitrogens with zero attached hydrogens (tertiary/aromatic N) is 1. The quantitative estimate of drug-likeness (QED) is 0.484. The number of hydrogen-bond donors (Lipinski definition) is 2. The van der Waals surface area contributed by atoms with Gasteiger partial charge in [-0.3, -0.25) is 0 Å². The number of aliphatic hydroxyl groups is 2. The van der Waals surface area contributed by atoms with E-state index in [4.69, 9.17) is 14.3 Å². The number of ether oxygens (including phenoxy) is 1. The van der Waals surface area contributed by atoms with Crippen molar-refractivity contribution in [2.75, 3.05) is 0 Å². The lowest BCUT2D eigenvalue weighted by Crippen LogP contribution is -2.20. The third-order valence-corrected chi connectivity index (χ3v) is 5.70. The van der Waals surface area contributed by atoms with E-state index in [1.807, 2.05) is 12.2 Å². The van der Waals surface area contributed by atoms with Gasteiger partial charge < -0.3 is 14.9 Å². The van der Waals surface area contributed by atoms with Gasteiger partial charge in [0.05, 0.1) is 23.9 Å². The molecule has 2 aliphatic rings. The van der Waals surface area contributed by atoms with Gasteiger partial charge in [0.25, 0.3) is 0 Å². The summed E-state index contributed by atoms with van der Waals surface area (Å²) in [6.07, 6.45) is 9.48. The molecule has 1 unspecified atom stereocenters. The maximum Gasteiger partial charge on any atom is 0.373 e. The Bertz CT molecular complexity index is 615. The topological polar surface area (TPSA) is 108 Å². The van der Waals surface area contributed by atoms with Crippen molar-refractivity contribution in [3.63, 3.8) is 0 Å². The molecule has 0 spiro atoms. The molecule has 2 rings (SSSR count). The van der Waals surface area contributed by atoms with Crippen molar-refractivity contribution in [3.8, 4) is 6.07 Å². The van der Waals surface area contributed by atoms with Crippen molar-refractivity contribution in [2.24, 2.45) is 17.8 Å².